The number of oxazole rings is 1. The number of unbranched alkanes of at least 4 members (excludes halogenated alkanes) is 1. The van der Waals surface area contributed by atoms with Crippen LogP contribution in [0.15, 0.2) is 39.8 Å². The minimum absolute atomic E-state index is 0.147. The van der Waals surface area contributed by atoms with Crippen LogP contribution in [0.2, 0.25) is 0 Å². The summed E-state index contributed by atoms with van der Waals surface area (Å²) in [6.45, 7) is 4.93. The number of aliphatic carboxylic acids is 1. The highest BCUT2D eigenvalue weighted by Crippen LogP contribution is 2.23. The molecule has 28 heavy (non-hydrogen) atoms. The summed E-state index contributed by atoms with van der Waals surface area (Å²) in [5.41, 5.74) is 1.46. The lowest BCUT2D eigenvalue weighted by atomic mass is 10.1. The summed E-state index contributed by atoms with van der Waals surface area (Å²) >= 11 is 0. The van der Waals surface area contributed by atoms with E-state index in [0.717, 1.165) is 25.0 Å². The van der Waals surface area contributed by atoms with E-state index in [1.807, 2.05) is 13.8 Å². The Bertz CT molecular complexity index is 853. The van der Waals surface area contributed by atoms with Crippen molar-refractivity contribution in [3.63, 3.8) is 0 Å². The molecular weight excluding hydrogens is 380 g/mol. The van der Waals surface area contributed by atoms with E-state index in [2.05, 4.69) is 4.98 Å². The van der Waals surface area contributed by atoms with Crippen molar-refractivity contribution >= 4 is 16.0 Å². The second-order valence-corrected chi connectivity index (χ2v) is 8.61. The third-order valence-corrected chi connectivity index (χ3v) is 6.22. The number of aryl methyl sites for hydroxylation is 1. The highest BCUT2D eigenvalue weighted by molar-refractivity contribution is 7.89. The van der Waals surface area contributed by atoms with E-state index >= 15 is 0 Å². The molecule has 2 rings (SSSR count). The zero-order chi connectivity index (χ0) is 20.6. The standard InChI is InChI=1S/C20H28N2O5S/c1-3-13-22(14-4-2)28(25,26)18-11-9-16(10-12-18)20-21-17(15-27-20)7-5-6-8-19(23)24/h9-12,15H,3-8,13-14H2,1-2H3,(H,23,24). The number of aromatic nitrogens is 1. The van der Waals surface area contributed by atoms with Gasteiger partial charge in [-0.15, -0.1) is 0 Å². The normalized spacial score (nSPS) is 11.8. The first-order valence-corrected chi connectivity index (χ1v) is 11.1. The number of carbonyl (C=O) groups is 1. The first-order valence-electron chi connectivity index (χ1n) is 9.65. The van der Waals surface area contributed by atoms with E-state index in [1.165, 1.54) is 4.31 Å². The van der Waals surface area contributed by atoms with Crippen LogP contribution in [0.4, 0.5) is 0 Å². The maximum atomic E-state index is 12.8. The van der Waals surface area contributed by atoms with Gasteiger partial charge in [-0.25, -0.2) is 13.4 Å². The van der Waals surface area contributed by atoms with Gasteiger partial charge in [0.05, 0.1) is 10.6 Å². The summed E-state index contributed by atoms with van der Waals surface area (Å²) in [6, 6.07) is 6.56. The van der Waals surface area contributed by atoms with E-state index in [1.54, 1.807) is 30.5 Å². The predicted molar refractivity (Wildman–Crippen MR) is 106 cm³/mol. The van der Waals surface area contributed by atoms with Crippen LogP contribution in [0.1, 0.15) is 51.6 Å². The molecule has 0 radical (unpaired) electrons. The number of nitrogens with zero attached hydrogens (tertiary/aromatic N) is 2. The lowest BCUT2D eigenvalue weighted by Gasteiger charge is -2.21. The summed E-state index contributed by atoms with van der Waals surface area (Å²) in [5, 5.41) is 8.66. The molecule has 1 N–H and O–H groups in total. The van der Waals surface area contributed by atoms with Crippen LogP contribution in [0, 0.1) is 0 Å². The molecule has 0 spiro atoms. The summed E-state index contributed by atoms with van der Waals surface area (Å²) in [6.07, 6.45) is 5.20. The van der Waals surface area contributed by atoms with Gasteiger partial charge in [-0.05, 0) is 56.4 Å². The van der Waals surface area contributed by atoms with Crippen molar-refractivity contribution in [2.24, 2.45) is 0 Å². The Kier molecular flexibility index (Phi) is 8.19. The van der Waals surface area contributed by atoms with Gasteiger partial charge in [-0.3, -0.25) is 4.79 Å². The maximum Gasteiger partial charge on any atom is 0.303 e. The molecule has 0 bridgehead atoms. The average Bonchev–Trinajstić information content (AvgIpc) is 3.14. The highest BCUT2D eigenvalue weighted by Gasteiger charge is 2.23. The Morgan fingerprint density at radius 1 is 1.11 bits per heavy atom. The Morgan fingerprint density at radius 3 is 2.32 bits per heavy atom. The van der Waals surface area contributed by atoms with E-state index in [9.17, 15) is 13.2 Å². The third-order valence-electron chi connectivity index (χ3n) is 4.31. The molecular formula is C20H28N2O5S. The van der Waals surface area contributed by atoms with Gasteiger partial charge in [-0.2, -0.15) is 4.31 Å². The van der Waals surface area contributed by atoms with Crippen LogP contribution in [0.3, 0.4) is 0 Å². The van der Waals surface area contributed by atoms with E-state index in [0.29, 0.717) is 37.4 Å². The number of hydrogen-bond donors (Lipinski definition) is 1. The fourth-order valence-electron chi connectivity index (χ4n) is 2.91. The van der Waals surface area contributed by atoms with Crippen LogP contribution in [0.25, 0.3) is 11.5 Å². The van der Waals surface area contributed by atoms with Gasteiger partial charge in [0.2, 0.25) is 15.9 Å². The van der Waals surface area contributed by atoms with Crippen LogP contribution < -0.4 is 0 Å². The van der Waals surface area contributed by atoms with Gasteiger partial charge in [0.25, 0.3) is 0 Å². The molecule has 8 heteroatoms. The summed E-state index contributed by atoms with van der Waals surface area (Å²) < 4.78 is 32.6. The zero-order valence-corrected chi connectivity index (χ0v) is 17.2. The van der Waals surface area contributed by atoms with Crippen LogP contribution in [-0.4, -0.2) is 41.9 Å². The first-order chi connectivity index (χ1) is 13.4. The lowest BCUT2D eigenvalue weighted by Crippen LogP contribution is -2.32. The Morgan fingerprint density at radius 2 is 1.75 bits per heavy atom. The summed E-state index contributed by atoms with van der Waals surface area (Å²) in [7, 11) is -3.51. The molecule has 1 aromatic carbocycles. The number of sulfonamides is 1. The first kappa shape index (κ1) is 22.1. The second-order valence-electron chi connectivity index (χ2n) is 6.67. The predicted octanol–water partition coefficient (Wildman–Crippen LogP) is 3.95. The monoisotopic (exact) mass is 408 g/mol. The van der Waals surface area contributed by atoms with Crippen molar-refractivity contribution in [2.45, 2.75) is 57.3 Å². The van der Waals surface area contributed by atoms with Gasteiger partial charge in [0.1, 0.15) is 6.26 Å². The Hall–Kier alpha value is -2.19. The van der Waals surface area contributed by atoms with Crippen LogP contribution in [-0.2, 0) is 21.2 Å². The smallest absolute Gasteiger partial charge is 0.303 e. The van der Waals surface area contributed by atoms with Gasteiger partial charge in [-0.1, -0.05) is 13.8 Å². The van der Waals surface area contributed by atoms with Gasteiger partial charge < -0.3 is 9.52 Å². The third kappa shape index (κ3) is 5.90. The molecule has 1 aromatic heterocycles. The van der Waals surface area contributed by atoms with Gasteiger partial charge in [0.15, 0.2) is 0 Å². The fourth-order valence-corrected chi connectivity index (χ4v) is 4.53. The highest BCUT2D eigenvalue weighted by atomic mass is 32.2. The van der Waals surface area contributed by atoms with Crippen molar-refractivity contribution < 1.29 is 22.7 Å². The molecule has 2 aromatic rings. The zero-order valence-electron chi connectivity index (χ0n) is 16.4. The minimum Gasteiger partial charge on any atom is -0.481 e. The lowest BCUT2D eigenvalue weighted by molar-refractivity contribution is -0.137. The van der Waals surface area contributed by atoms with Gasteiger partial charge in [0, 0.05) is 25.1 Å². The van der Waals surface area contributed by atoms with Crippen molar-refractivity contribution in [2.75, 3.05) is 13.1 Å². The van der Waals surface area contributed by atoms with E-state index in [-0.39, 0.29) is 11.3 Å². The largest absolute Gasteiger partial charge is 0.481 e. The minimum atomic E-state index is -3.51. The molecule has 0 fully saturated rings. The van der Waals surface area contributed by atoms with Crippen LogP contribution in [0.5, 0.6) is 0 Å². The summed E-state index contributed by atoms with van der Waals surface area (Å²) in [4.78, 5) is 15.2. The second kappa shape index (κ2) is 10.4. The fraction of sp³-hybridized carbons (Fsp3) is 0.500. The number of hydrogen-bond acceptors (Lipinski definition) is 5. The molecule has 154 valence electrons. The topological polar surface area (TPSA) is 101 Å². The summed E-state index contributed by atoms with van der Waals surface area (Å²) in [5.74, 6) is -0.372. The van der Waals surface area contributed by atoms with Crippen molar-refractivity contribution in [3.05, 3.63) is 36.2 Å². The number of carboxylic acid groups (broad SMARTS) is 1. The Labute approximate surface area is 166 Å². The molecule has 0 amide bonds. The molecule has 1 heterocycles. The average molecular weight is 409 g/mol. The molecule has 7 nitrogen and oxygen atoms in total. The van der Waals surface area contributed by atoms with E-state index in [4.69, 9.17) is 9.52 Å². The number of rotatable bonds is 12. The van der Waals surface area contributed by atoms with Gasteiger partial charge >= 0.3 is 5.97 Å². The molecule has 0 atom stereocenters. The van der Waals surface area contributed by atoms with Crippen molar-refractivity contribution in [3.8, 4) is 11.5 Å². The van der Waals surface area contributed by atoms with Crippen LogP contribution >= 0.6 is 0 Å². The SMILES string of the molecule is CCCN(CCC)S(=O)(=O)c1ccc(-c2nc(CCCCC(=O)O)co2)cc1. The molecule has 0 aliphatic rings. The maximum absolute atomic E-state index is 12.8. The molecule has 0 aliphatic carbocycles. The quantitative estimate of drug-likeness (QED) is 0.534. The molecule has 0 saturated carbocycles. The Balaban J connectivity index is 2.07. The molecule has 0 saturated heterocycles. The molecule has 0 aliphatic heterocycles. The number of benzene rings is 1. The van der Waals surface area contributed by atoms with E-state index < -0.39 is 16.0 Å². The number of carboxylic acids is 1. The van der Waals surface area contributed by atoms with Crippen molar-refractivity contribution in [1.29, 1.82) is 0 Å². The van der Waals surface area contributed by atoms with Crippen molar-refractivity contribution in [1.82, 2.24) is 9.29 Å². The molecule has 0 unspecified atom stereocenters.